The third-order valence-corrected chi connectivity index (χ3v) is 4.95. The van der Waals surface area contributed by atoms with Crippen LogP contribution in [-0.2, 0) is 4.79 Å². The van der Waals surface area contributed by atoms with E-state index >= 15 is 0 Å². The number of carbonyl (C=O) groups excluding carboxylic acids is 1. The van der Waals surface area contributed by atoms with Gasteiger partial charge in [-0.15, -0.1) is 0 Å². The Hall–Kier alpha value is -2.70. The molecule has 0 bridgehead atoms. The fourth-order valence-corrected chi connectivity index (χ4v) is 3.67. The number of aromatic amines is 1. The summed E-state index contributed by atoms with van der Waals surface area (Å²) < 4.78 is 0. The van der Waals surface area contributed by atoms with E-state index in [0.717, 1.165) is 31.5 Å². The predicted octanol–water partition coefficient (Wildman–Crippen LogP) is 2.02. The average molecular weight is 339 g/mol. The first-order chi connectivity index (χ1) is 12.2. The van der Waals surface area contributed by atoms with E-state index in [2.05, 4.69) is 25.2 Å². The fraction of sp³-hybridized carbons (Fsp3) is 0.444. The molecule has 0 aromatic carbocycles. The van der Waals surface area contributed by atoms with Crippen molar-refractivity contribution in [3.63, 3.8) is 0 Å². The molecule has 4 rings (SSSR count). The molecule has 25 heavy (non-hydrogen) atoms. The van der Waals surface area contributed by atoms with Crippen molar-refractivity contribution in [2.24, 2.45) is 0 Å². The van der Waals surface area contributed by atoms with E-state index in [1.165, 1.54) is 12.8 Å². The molecule has 1 amide bonds. The normalized spacial score (nSPS) is 20.6. The fourth-order valence-electron chi connectivity index (χ4n) is 3.67. The topological polar surface area (TPSA) is 91.0 Å². The molecular weight excluding hydrogens is 318 g/mol. The Morgan fingerprint density at radius 2 is 1.76 bits per heavy atom. The Balaban J connectivity index is 1.76. The number of pyridine rings is 1. The second-order valence-electron chi connectivity index (χ2n) is 6.64. The molecule has 1 saturated heterocycles. The number of H-pyrrole nitrogens is 1. The Bertz CT molecular complexity index is 825. The van der Waals surface area contributed by atoms with Gasteiger partial charge in [0.05, 0.1) is 5.56 Å². The van der Waals surface area contributed by atoms with Gasteiger partial charge in [-0.3, -0.25) is 19.6 Å². The van der Waals surface area contributed by atoms with Crippen molar-refractivity contribution in [3.05, 3.63) is 46.0 Å². The van der Waals surface area contributed by atoms with E-state index in [4.69, 9.17) is 0 Å². The van der Waals surface area contributed by atoms with Gasteiger partial charge in [0.15, 0.2) is 0 Å². The molecule has 2 aromatic rings. The van der Waals surface area contributed by atoms with Gasteiger partial charge in [-0.05, 0) is 30.5 Å². The van der Waals surface area contributed by atoms with Crippen molar-refractivity contribution in [3.8, 4) is 0 Å². The van der Waals surface area contributed by atoms with Gasteiger partial charge in [-0.2, -0.15) is 4.98 Å². The molecule has 7 nitrogen and oxygen atoms in total. The van der Waals surface area contributed by atoms with Crippen LogP contribution in [0, 0.1) is 0 Å². The number of aromatic nitrogens is 3. The van der Waals surface area contributed by atoms with Crippen LogP contribution in [0.25, 0.3) is 0 Å². The minimum absolute atomic E-state index is 0.116. The standard InChI is InChI=1S/C18H21N5O2/c24-14-11-13(12-5-7-19-8-6-12)15-16(20-14)21-18(22-17(15)25)23-9-3-1-2-4-10-23/h5-8,13H,1-4,9-11H2,(H2,20,21,22,24,25). The van der Waals surface area contributed by atoms with E-state index in [1.54, 1.807) is 12.4 Å². The van der Waals surface area contributed by atoms with Crippen LogP contribution in [0.5, 0.6) is 0 Å². The molecule has 4 heterocycles. The van der Waals surface area contributed by atoms with Crippen molar-refractivity contribution < 1.29 is 4.79 Å². The summed E-state index contributed by atoms with van der Waals surface area (Å²) in [5, 5.41) is 2.78. The molecule has 1 atom stereocenters. The second-order valence-corrected chi connectivity index (χ2v) is 6.64. The molecule has 0 aliphatic carbocycles. The molecule has 1 fully saturated rings. The Morgan fingerprint density at radius 1 is 1.04 bits per heavy atom. The quantitative estimate of drug-likeness (QED) is 0.873. The molecule has 130 valence electrons. The van der Waals surface area contributed by atoms with Crippen LogP contribution in [0.4, 0.5) is 11.8 Å². The number of carbonyl (C=O) groups is 1. The van der Waals surface area contributed by atoms with Crippen LogP contribution < -0.4 is 15.8 Å². The van der Waals surface area contributed by atoms with E-state index in [1.807, 2.05) is 12.1 Å². The number of hydrogen-bond donors (Lipinski definition) is 2. The Labute approximate surface area is 145 Å². The highest BCUT2D eigenvalue weighted by atomic mass is 16.2. The van der Waals surface area contributed by atoms with Crippen molar-refractivity contribution in [1.29, 1.82) is 0 Å². The summed E-state index contributed by atoms with van der Waals surface area (Å²) in [6.45, 7) is 1.76. The smallest absolute Gasteiger partial charge is 0.258 e. The highest BCUT2D eigenvalue weighted by Crippen LogP contribution is 2.34. The van der Waals surface area contributed by atoms with Crippen LogP contribution >= 0.6 is 0 Å². The highest BCUT2D eigenvalue weighted by molar-refractivity contribution is 5.94. The van der Waals surface area contributed by atoms with Crippen LogP contribution in [0.1, 0.15) is 49.1 Å². The van der Waals surface area contributed by atoms with Gasteiger partial charge in [-0.25, -0.2) is 0 Å². The highest BCUT2D eigenvalue weighted by Gasteiger charge is 2.31. The first-order valence-corrected chi connectivity index (χ1v) is 8.81. The van der Waals surface area contributed by atoms with Gasteiger partial charge >= 0.3 is 0 Å². The molecule has 7 heteroatoms. The van der Waals surface area contributed by atoms with Gasteiger partial charge in [0.25, 0.3) is 5.56 Å². The van der Waals surface area contributed by atoms with E-state index in [9.17, 15) is 9.59 Å². The molecule has 0 radical (unpaired) electrons. The number of hydrogen-bond acceptors (Lipinski definition) is 5. The van der Waals surface area contributed by atoms with Gasteiger partial charge in [-0.1, -0.05) is 12.8 Å². The van der Waals surface area contributed by atoms with Gasteiger partial charge in [0.1, 0.15) is 5.82 Å². The number of anilines is 2. The zero-order chi connectivity index (χ0) is 17.2. The lowest BCUT2D eigenvalue weighted by molar-refractivity contribution is -0.116. The lowest BCUT2D eigenvalue weighted by Crippen LogP contribution is -2.34. The zero-order valence-electron chi connectivity index (χ0n) is 14.0. The molecule has 2 aliphatic heterocycles. The maximum Gasteiger partial charge on any atom is 0.258 e. The third-order valence-electron chi connectivity index (χ3n) is 4.95. The minimum atomic E-state index is -0.291. The summed E-state index contributed by atoms with van der Waals surface area (Å²) >= 11 is 0. The van der Waals surface area contributed by atoms with Crippen molar-refractivity contribution in [1.82, 2.24) is 15.0 Å². The average Bonchev–Trinajstić information content (AvgIpc) is 2.91. The number of nitrogens with zero attached hydrogens (tertiary/aromatic N) is 3. The van der Waals surface area contributed by atoms with E-state index in [0.29, 0.717) is 17.3 Å². The van der Waals surface area contributed by atoms with Crippen LogP contribution in [0.15, 0.2) is 29.3 Å². The SMILES string of the molecule is O=C1CC(c2ccncc2)c2c(nc(N3CCCCCC3)[nH]c2=O)N1. The molecule has 2 aliphatic rings. The Morgan fingerprint density at radius 3 is 2.48 bits per heavy atom. The summed E-state index contributed by atoms with van der Waals surface area (Å²) in [5.41, 5.74) is 1.26. The van der Waals surface area contributed by atoms with Crippen molar-refractivity contribution in [2.45, 2.75) is 38.0 Å². The lowest BCUT2D eigenvalue weighted by atomic mass is 9.87. The molecule has 0 saturated carbocycles. The molecular formula is C18H21N5O2. The third kappa shape index (κ3) is 3.14. The number of nitrogens with one attached hydrogen (secondary N) is 2. The van der Waals surface area contributed by atoms with Crippen LogP contribution in [0.3, 0.4) is 0 Å². The van der Waals surface area contributed by atoms with Gasteiger partial charge < -0.3 is 10.2 Å². The minimum Gasteiger partial charge on any atom is -0.342 e. The monoisotopic (exact) mass is 339 g/mol. The first-order valence-electron chi connectivity index (χ1n) is 8.81. The van der Waals surface area contributed by atoms with E-state index < -0.39 is 0 Å². The number of rotatable bonds is 2. The van der Waals surface area contributed by atoms with E-state index in [-0.39, 0.29) is 23.8 Å². The number of fused-ring (bicyclic) bond motifs is 1. The lowest BCUT2D eigenvalue weighted by Gasteiger charge is -2.27. The molecule has 0 spiro atoms. The van der Waals surface area contributed by atoms with Crippen molar-refractivity contribution in [2.75, 3.05) is 23.3 Å². The maximum absolute atomic E-state index is 12.8. The predicted molar refractivity (Wildman–Crippen MR) is 94.9 cm³/mol. The van der Waals surface area contributed by atoms with Crippen LogP contribution in [-0.4, -0.2) is 33.9 Å². The van der Waals surface area contributed by atoms with Crippen LogP contribution in [0.2, 0.25) is 0 Å². The first kappa shape index (κ1) is 15.8. The summed E-state index contributed by atoms with van der Waals surface area (Å²) in [6.07, 6.45) is 8.17. The zero-order valence-corrected chi connectivity index (χ0v) is 14.0. The molecule has 2 aromatic heterocycles. The largest absolute Gasteiger partial charge is 0.342 e. The summed E-state index contributed by atoms with van der Waals surface area (Å²) in [6, 6.07) is 3.68. The van der Waals surface area contributed by atoms with Gasteiger partial charge in [0, 0.05) is 37.8 Å². The molecule has 1 unspecified atom stereocenters. The molecule has 2 N–H and O–H groups in total. The van der Waals surface area contributed by atoms with Gasteiger partial charge in [0.2, 0.25) is 11.9 Å². The number of amides is 1. The van der Waals surface area contributed by atoms with Crippen molar-refractivity contribution >= 4 is 17.7 Å². The summed E-state index contributed by atoms with van der Waals surface area (Å²) in [7, 11) is 0. The Kier molecular flexibility index (Phi) is 4.21. The second kappa shape index (κ2) is 6.66. The maximum atomic E-state index is 12.8. The summed E-state index contributed by atoms with van der Waals surface area (Å²) in [4.78, 5) is 38.6. The summed E-state index contributed by atoms with van der Waals surface area (Å²) in [5.74, 6) is 0.540.